The summed E-state index contributed by atoms with van der Waals surface area (Å²) >= 11 is 0. The molecule has 0 N–H and O–H groups in total. The van der Waals surface area contributed by atoms with Gasteiger partial charge in [0, 0.05) is 18.7 Å². The Bertz CT molecular complexity index is 813. The molecule has 3 fully saturated rings. The number of hydrogen-bond donors (Lipinski definition) is 0. The summed E-state index contributed by atoms with van der Waals surface area (Å²) in [7, 11) is 0. The van der Waals surface area contributed by atoms with Crippen molar-refractivity contribution in [2.24, 2.45) is 29.6 Å². The van der Waals surface area contributed by atoms with E-state index in [0.717, 1.165) is 37.2 Å². The van der Waals surface area contributed by atoms with Gasteiger partial charge in [-0.05, 0) is 87.9 Å². The lowest BCUT2D eigenvalue weighted by molar-refractivity contribution is -0.141. The molecule has 3 aliphatic rings. The largest absolute Gasteiger partial charge is 0.426 e. The van der Waals surface area contributed by atoms with Crippen molar-refractivity contribution in [1.82, 2.24) is 0 Å². The first-order chi connectivity index (χ1) is 17.4. The minimum absolute atomic E-state index is 0.158. The molecule has 1 aromatic rings. The highest BCUT2D eigenvalue weighted by atomic mass is 19.2. The predicted molar refractivity (Wildman–Crippen MR) is 134 cm³/mol. The molecule has 0 aromatic heterocycles. The van der Waals surface area contributed by atoms with E-state index >= 15 is 0 Å². The van der Waals surface area contributed by atoms with Crippen molar-refractivity contribution >= 4 is 5.97 Å². The highest BCUT2D eigenvalue weighted by Crippen LogP contribution is 2.42. The van der Waals surface area contributed by atoms with Crippen LogP contribution in [0.4, 0.5) is 13.2 Å². The summed E-state index contributed by atoms with van der Waals surface area (Å²) in [6, 6.07) is 1.41. The van der Waals surface area contributed by atoms with Crippen LogP contribution in [0, 0.1) is 47.0 Å². The minimum Gasteiger partial charge on any atom is -0.426 e. The quantitative estimate of drug-likeness (QED) is 0.191. The Kier molecular flexibility index (Phi) is 10.1. The van der Waals surface area contributed by atoms with Crippen LogP contribution in [0.5, 0.6) is 5.75 Å². The van der Waals surface area contributed by atoms with Gasteiger partial charge in [-0.1, -0.05) is 39.0 Å². The number of carbonyl (C=O) groups is 1. The fourth-order valence-corrected chi connectivity index (χ4v) is 6.80. The number of esters is 1. The Morgan fingerprint density at radius 2 is 1.36 bits per heavy atom. The van der Waals surface area contributed by atoms with Crippen molar-refractivity contribution < 1.29 is 27.4 Å². The molecule has 202 valence electrons. The maximum absolute atomic E-state index is 13.4. The fourth-order valence-electron chi connectivity index (χ4n) is 6.80. The smallest absolute Gasteiger partial charge is 0.314 e. The molecular weight excluding hydrogens is 465 g/mol. The van der Waals surface area contributed by atoms with Gasteiger partial charge in [0.1, 0.15) is 5.75 Å². The van der Waals surface area contributed by atoms with Crippen LogP contribution in [0.15, 0.2) is 12.1 Å². The Morgan fingerprint density at radius 3 is 1.92 bits per heavy atom. The van der Waals surface area contributed by atoms with Gasteiger partial charge in [0.25, 0.3) is 0 Å². The summed E-state index contributed by atoms with van der Waals surface area (Å²) in [4.78, 5) is 12.4. The standard InChI is InChI=1S/C30H43F3O3/c1-2-3-4-20-5-9-22(10-6-20)23-11-7-21(8-12-23)19-35-25-15-13-24(14-16-25)30(34)36-26-17-27(31)29(33)28(32)18-26/h17-18,20-25H,2-16,19H2,1H3/t20-,21-,22-,23-,24-,25-. The van der Waals surface area contributed by atoms with Crippen LogP contribution in [0.25, 0.3) is 0 Å². The van der Waals surface area contributed by atoms with Crippen LogP contribution in [0.1, 0.15) is 103 Å². The van der Waals surface area contributed by atoms with Gasteiger partial charge in [0.15, 0.2) is 17.5 Å². The van der Waals surface area contributed by atoms with Crippen molar-refractivity contribution in [3.8, 4) is 5.75 Å². The topological polar surface area (TPSA) is 35.5 Å². The van der Waals surface area contributed by atoms with Crippen LogP contribution in [-0.2, 0) is 9.53 Å². The third-order valence-corrected chi connectivity index (χ3v) is 9.17. The Hall–Kier alpha value is -1.56. The van der Waals surface area contributed by atoms with Crippen LogP contribution < -0.4 is 4.74 Å². The Balaban J connectivity index is 1.10. The zero-order chi connectivity index (χ0) is 25.5. The molecule has 0 radical (unpaired) electrons. The molecular formula is C30H43F3O3. The summed E-state index contributed by atoms with van der Waals surface area (Å²) < 4.78 is 51.2. The highest BCUT2D eigenvalue weighted by Gasteiger charge is 2.32. The summed E-state index contributed by atoms with van der Waals surface area (Å²) in [5, 5.41) is 0. The maximum atomic E-state index is 13.4. The van der Waals surface area contributed by atoms with Gasteiger partial charge in [0.2, 0.25) is 0 Å². The second kappa shape index (κ2) is 13.3. The van der Waals surface area contributed by atoms with Gasteiger partial charge in [-0.25, -0.2) is 13.2 Å². The lowest BCUT2D eigenvalue weighted by atomic mass is 9.69. The van der Waals surface area contributed by atoms with Gasteiger partial charge < -0.3 is 9.47 Å². The van der Waals surface area contributed by atoms with Crippen molar-refractivity contribution in [3.05, 3.63) is 29.6 Å². The second-order valence-corrected chi connectivity index (χ2v) is 11.6. The van der Waals surface area contributed by atoms with Crippen LogP contribution in [-0.4, -0.2) is 18.7 Å². The molecule has 0 spiro atoms. The molecule has 0 heterocycles. The molecule has 0 atom stereocenters. The van der Waals surface area contributed by atoms with Gasteiger partial charge in [-0.3, -0.25) is 4.79 Å². The van der Waals surface area contributed by atoms with E-state index in [1.54, 1.807) is 0 Å². The third kappa shape index (κ3) is 7.49. The predicted octanol–water partition coefficient (Wildman–Crippen LogP) is 8.39. The average molecular weight is 509 g/mol. The molecule has 0 unspecified atom stereocenters. The van der Waals surface area contributed by atoms with Gasteiger partial charge >= 0.3 is 5.97 Å². The minimum atomic E-state index is -1.56. The Morgan fingerprint density at radius 1 is 0.806 bits per heavy atom. The van der Waals surface area contributed by atoms with E-state index in [-0.39, 0.29) is 17.8 Å². The van der Waals surface area contributed by atoms with E-state index in [9.17, 15) is 18.0 Å². The van der Waals surface area contributed by atoms with Gasteiger partial charge in [0.05, 0.1) is 12.0 Å². The van der Waals surface area contributed by atoms with E-state index in [1.165, 1.54) is 70.6 Å². The van der Waals surface area contributed by atoms with E-state index in [2.05, 4.69) is 6.92 Å². The molecule has 0 bridgehead atoms. The number of benzene rings is 1. The van der Waals surface area contributed by atoms with Crippen LogP contribution in [0.2, 0.25) is 0 Å². The van der Waals surface area contributed by atoms with Crippen molar-refractivity contribution in [2.75, 3.05) is 6.61 Å². The molecule has 6 heteroatoms. The lowest BCUT2D eigenvalue weighted by Crippen LogP contribution is -2.31. The number of unbranched alkanes of at least 4 members (excludes halogenated alkanes) is 1. The molecule has 0 saturated heterocycles. The van der Waals surface area contributed by atoms with Gasteiger partial charge in [-0.15, -0.1) is 0 Å². The highest BCUT2D eigenvalue weighted by molar-refractivity contribution is 5.75. The van der Waals surface area contributed by atoms with E-state index in [4.69, 9.17) is 9.47 Å². The normalized spacial score (nSPS) is 31.2. The number of hydrogen-bond acceptors (Lipinski definition) is 3. The van der Waals surface area contributed by atoms with Crippen LogP contribution in [0.3, 0.4) is 0 Å². The average Bonchev–Trinajstić information content (AvgIpc) is 2.90. The fraction of sp³-hybridized carbons (Fsp3) is 0.767. The summed E-state index contributed by atoms with van der Waals surface area (Å²) in [6.45, 7) is 3.10. The summed E-state index contributed by atoms with van der Waals surface area (Å²) in [6.07, 6.45) is 18.1. The van der Waals surface area contributed by atoms with Crippen LogP contribution >= 0.6 is 0 Å². The lowest BCUT2D eigenvalue weighted by Gasteiger charge is -2.38. The second-order valence-electron chi connectivity index (χ2n) is 11.6. The zero-order valence-corrected chi connectivity index (χ0v) is 21.8. The van der Waals surface area contributed by atoms with Crippen molar-refractivity contribution in [2.45, 2.75) is 109 Å². The molecule has 3 aliphatic carbocycles. The SMILES string of the molecule is CCCC[C@H]1CC[C@H]([C@H]2CC[C@H](CO[C@H]3CC[C@H](C(=O)Oc4cc(F)c(F)c(F)c4)CC3)CC2)CC1. The first-order valence-corrected chi connectivity index (χ1v) is 14.4. The third-order valence-electron chi connectivity index (χ3n) is 9.17. The molecule has 0 aliphatic heterocycles. The number of ether oxygens (including phenoxy) is 2. The molecule has 4 rings (SSSR count). The van der Waals surface area contributed by atoms with Crippen molar-refractivity contribution in [1.29, 1.82) is 0 Å². The van der Waals surface area contributed by atoms with Crippen molar-refractivity contribution in [3.63, 3.8) is 0 Å². The number of halogens is 3. The number of rotatable bonds is 9. The maximum Gasteiger partial charge on any atom is 0.314 e. The van der Waals surface area contributed by atoms with Gasteiger partial charge in [-0.2, -0.15) is 0 Å². The molecule has 0 amide bonds. The molecule has 36 heavy (non-hydrogen) atoms. The zero-order valence-electron chi connectivity index (χ0n) is 21.8. The van der Waals surface area contributed by atoms with E-state index < -0.39 is 23.4 Å². The first kappa shape index (κ1) is 27.5. The summed E-state index contributed by atoms with van der Waals surface area (Å²) in [5.41, 5.74) is 0. The van der Waals surface area contributed by atoms with E-state index in [0.29, 0.717) is 30.9 Å². The molecule has 3 nitrogen and oxygen atoms in total. The molecule has 3 saturated carbocycles. The first-order valence-electron chi connectivity index (χ1n) is 14.4. The Labute approximate surface area is 214 Å². The van der Waals surface area contributed by atoms with E-state index in [1.807, 2.05) is 0 Å². The number of carbonyl (C=O) groups excluding carboxylic acids is 1. The monoisotopic (exact) mass is 508 g/mol. The summed E-state index contributed by atoms with van der Waals surface area (Å²) in [5.74, 6) is -1.94. The molecule has 1 aromatic carbocycles.